The molecule has 0 heterocycles. The van der Waals surface area contributed by atoms with Gasteiger partial charge in [-0.25, -0.2) is 0 Å². The van der Waals surface area contributed by atoms with Gasteiger partial charge in [0.2, 0.25) is 0 Å². The topological polar surface area (TPSA) is 46.5 Å². The maximum atomic E-state index is 10.6. The van der Waals surface area contributed by atoms with E-state index in [0.29, 0.717) is 6.42 Å². The number of rotatable bonds is 4. The third kappa shape index (κ3) is 3.90. The van der Waals surface area contributed by atoms with E-state index in [0.717, 1.165) is 25.5 Å². The Labute approximate surface area is 112 Å². The molecular weight excluding hydrogens is 244 g/mol. The number of aldehydes is 1. The molecule has 0 aromatic rings. The first-order chi connectivity index (χ1) is 8.10. The molecule has 2 atom stereocenters. The molecule has 0 spiro atoms. The van der Waals surface area contributed by atoms with Gasteiger partial charge in [-0.3, -0.25) is 0 Å². The zero-order valence-corrected chi connectivity index (χ0v) is 13.5. The molecule has 0 radical (unpaired) electrons. The van der Waals surface area contributed by atoms with Gasteiger partial charge in [0.05, 0.1) is 5.60 Å². The first-order valence-corrected chi connectivity index (χ1v) is 9.84. The average molecular weight is 272 g/mol. The van der Waals surface area contributed by atoms with E-state index >= 15 is 0 Å². The number of hydrogen-bond acceptors (Lipinski definition) is 3. The van der Waals surface area contributed by atoms with Gasteiger partial charge in [-0.2, -0.15) is 0 Å². The molecule has 1 aliphatic carbocycles. The van der Waals surface area contributed by atoms with E-state index in [1.165, 1.54) is 0 Å². The lowest BCUT2D eigenvalue weighted by atomic mass is 9.81. The van der Waals surface area contributed by atoms with Crippen LogP contribution in [-0.4, -0.2) is 31.4 Å². The van der Waals surface area contributed by atoms with E-state index in [2.05, 4.69) is 33.9 Å². The fourth-order valence-corrected chi connectivity index (χ4v) is 3.71. The summed E-state index contributed by atoms with van der Waals surface area (Å²) in [6.45, 7) is 11.1. The Morgan fingerprint density at radius 2 is 2.06 bits per heavy atom. The van der Waals surface area contributed by atoms with Gasteiger partial charge >= 0.3 is 0 Å². The molecule has 1 aliphatic rings. The fourth-order valence-electron chi connectivity index (χ4n) is 2.32. The molecule has 106 valence electrons. The fraction of sp³-hybridized carbons (Fsp3) is 0.929. The zero-order chi connectivity index (χ0) is 14.0. The maximum Gasteiger partial charge on any atom is 0.192 e. The largest absolute Gasteiger partial charge is 0.414 e. The Balaban J connectivity index is 2.66. The van der Waals surface area contributed by atoms with Gasteiger partial charge < -0.3 is 14.3 Å². The van der Waals surface area contributed by atoms with Crippen molar-refractivity contribution in [1.29, 1.82) is 0 Å². The van der Waals surface area contributed by atoms with E-state index < -0.39 is 13.9 Å². The summed E-state index contributed by atoms with van der Waals surface area (Å²) in [5, 5.41) is 10.5. The third-order valence-electron chi connectivity index (χ3n) is 4.51. The van der Waals surface area contributed by atoms with Gasteiger partial charge in [-0.05, 0) is 37.4 Å². The highest BCUT2D eigenvalue weighted by atomic mass is 28.4. The van der Waals surface area contributed by atoms with Crippen molar-refractivity contribution >= 4 is 14.6 Å². The summed E-state index contributed by atoms with van der Waals surface area (Å²) < 4.78 is 6.35. The van der Waals surface area contributed by atoms with Crippen LogP contribution in [0.1, 0.15) is 52.9 Å². The first kappa shape index (κ1) is 15.9. The zero-order valence-electron chi connectivity index (χ0n) is 12.5. The van der Waals surface area contributed by atoms with Crippen LogP contribution in [0.2, 0.25) is 18.1 Å². The van der Waals surface area contributed by atoms with Crippen LogP contribution >= 0.6 is 0 Å². The molecule has 2 unspecified atom stereocenters. The second-order valence-electron chi connectivity index (χ2n) is 7.19. The monoisotopic (exact) mass is 272 g/mol. The molecule has 0 bridgehead atoms. The minimum atomic E-state index is -1.78. The highest BCUT2D eigenvalue weighted by Crippen LogP contribution is 2.40. The summed E-state index contributed by atoms with van der Waals surface area (Å²) in [5.41, 5.74) is -0.826. The van der Waals surface area contributed by atoms with Crippen LogP contribution in [0, 0.1) is 0 Å². The van der Waals surface area contributed by atoms with E-state index in [1.54, 1.807) is 0 Å². The molecule has 0 amide bonds. The summed E-state index contributed by atoms with van der Waals surface area (Å²) in [6.07, 6.45) is 4.47. The summed E-state index contributed by atoms with van der Waals surface area (Å²) in [4.78, 5) is 10.6. The van der Waals surface area contributed by atoms with Crippen LogP contribution in [-0.2, 0) is 9.22 Å². The minimum Gasteiger partial charge on any atom is -0.414 e. The van der Waals surface area contributed by atoms with Gasteiger partial charge in [-0.1, -0.05) is 20.8 Å². The van der Waals surface area contributed by atoms with Crippen molar-refractivity contribution in [1.82, 2.24) is 0 Å². The Kier molecular flexibility index (Phi) is 4.79. The van der Waals surface area contributed by atoms with Crippen molar-refractivity contribution in [2.45, 2.75) is 82.7 Å². The highest BCUT2D eigenvalue weighted by Gasteiger charge is 2.42. The van der Waals surface area contributed by atoms with E-state index in [-0.39, 0.29) is 17.6 Å². The Morgan fingerprint density at radius 3 is 2.56 bits per heavy atom. The van der Waals surface area contributed by atoms with Gasteiger partial charge in [0.1, 0.15) is 6.29 Å². The Morgan fingerprint density at radius 1 is 1.44 bits per heavy atom. The second kappa shape index (κ2) is 5.43. The SMILES string of the molecule is CC(C)(C)[Si](C)(C)OC1CCCC(O)(CC=O)C1. The molecule has 0 saturated heterocycles. The summed E-state index contributed by atoms with van der Waals surface area (Å²) in [6, 6.07) is 0. The molecule has 0 aromatic heterocycles. The summed E-state index contributed by atoms with van der Waals surface area (Å²) in [7, 11) is -1.78. The Bertz CT molecular complexity index is 296. The van der Waals surface area contributed by atoms with Crippen LogP contribution < -0.4 is 0 Å². The number of carbonyl (C=O) groups is 1. The molecule has 1 fully saturated rings. The molecular formula is C14H28O3Si. The van der Waals surface area contributed by atoms with Crippen LogP contribution in [0.3, 0.4) is 0 Å². The lowest BCUT2D eigenvalue weighted by molar-refractivity contribution is -0.115. The second-order valence-corrected chi connectivity index (χ2v) is 11.9. The molecule has 1 saturated carbocycles. The normalized spacial score (nSPS) is 30.2. The predicted octanol–water partition coefficient (Wildman–Crippen LogP) is 3.27. The van der Waals surface area contributed by atoms with Gasteiger partial charge in [-0.15, -0.1) is 0 Å². The molecule has 18 heavy (non-hydrogen) atoms. The maximum absolute atomic E-state index is 10.6. The van der Waals surface area contributed by atoms with Crippen LogP contribution in [0.4, 0.5) is 0 Å². The number of carbonyl (C=O) groups excluding carboxylic acids is 1. The van der Waals surface area contributed by atoms with Gasteiger partial charge in [0, 0.05) is 18.9 Å². The highest BCUT2D eigenvalue weighted by molar-refractivity contribution is 6.74. The smallest absolute Gasteiger partial charge is 0.192 e. The van der Waals surface area contributed by atoms with Crippen molar-refractivity contribution in [3.63, 3.8) is 0 Å². The molecule has 1 N–H and O–H groups in total. The van der Waals surface area contributed by atoms with Crippen molar-refractivity contribution in [3.8, 4) is 0 Å². The van der Waals surface area contributed by atoms with Crippen molar-refractivity contribution in [3.05, 3.63) is 0 Å². The van der Waals surface area contributed by atoms with E-state index in [4.69, 9.17) is 4.43 Å². The van der Waals surface area contributed by atoms with E-state index in [1.807, 2.05) is 0 Å². The summed E-state index contributed by atoms with van der Waals surface area (Å²) >= 11 is 0. The first-order valence-electron chi connectivity index (χ1n) is 6.93. The average Bonchev–Trinajstić information content (AvgIpc) is 2.14. The van der Waals surface area contributed by atoms with Crippen LogP contribution in [0.15, 0.2) is 0 Å². The Hall–Kier alpha value is -0.193. The molecule has 3 nitrogen and oxygen atoms in total. The van der Waals surface area contributed by atoms with E-state index in [9.17, 15) is 9.90 Å². The number of hydrogen-bond donors (Lipinski definition) is 1. The molecule has 1 rings (SSSR count). The lowest BCUT2D eigenvalue weighted by Gasteiger charge is -2.43. The quantitative estimate of drug-likeness (QED) is 0.631. The minimum absolute atomic E-state index is 0.115. The summed E-state index contributed by atoms with van der Waals surface area (Å²) in [5.74, 6) is 0. The van der Waals surface area contributed by atoms with Crippen molar-refractivity contribution in [2.24, 2.45) is 0 Å². The van der Waals surface area contributed by atoms with Crippen molar-refractivity contribution in [2.75, 3.05) is 0 Å². The van der Waals surface area contributed by atoms with Gasteiger partial charge in [0.25, 0.3) is 0 Å². The lowest BCUT2D eigenvalue weighted by Crippen LogP contribution is -2.48. The van der Waals surface area contributed by atoms with Crippen LogP contribution in [0.25, 0.3) is 0 Å². The molecule has 4 heteroatoms. The molecule has 0 aromatic carbocycles. The van der Waals surface area contributed by atoms with Crippen molar-refractivity contribution < 1.29 is 14.3 Å². The van der Waals surface area contributed by atoms with Gasteiger partial charge in [0.15, 0.2) is 8.32 Å². The molecule has 0 aliphatic heterocycles. The van der Waals surface area contributed by atoms with Crippen LogP contribution in [0.5, 0.6) is 0 Å². The standard InChI is InChI=1S/C14H28O3Si/c1-13(2,3)18(4,5)17-12-7-6-8-14(16,11-12)9-10-15/h10,12,16H,6-9,11H2,1-5H3. The number of aliphatic hydroxyl groups is 1. The third-order valence-corrected chi connectivity index (χ3v) is 9.04. The predicted molar refractivity (Wildman–Crippen MR) is 76.2 cm³/mol.